The van der Waals surface area contributed by atoms with Crippen LogP contribution < -0.4 is 5.73 Å². The molecule has 0 spiro atoms. The minimum atomic E-state index is -0.0400. The molecular formula is C15H25N3O. The Bertz CT molecular complexity index is 429. The minimum absolute atomic E-state index is 0.0400. The molecule has 0 aliphatic rings. The molecule has 0 radical (unpaired) electrons. The molecule has 1 amide bonds. The molecule has 0 bridgehead atoms. The van der Waals surface area contributed by atoms with Gasteiger partial charge in [0.15, 0.2) is 0 Å². The van der Waals surface area contributed by atoms with E-state index in [9.17, 15) is 4.79 Å². The highest BCUT2D eigenvalue weighted by Gasteiger charge is 2.23. The van der Waals surface area contributed by atoms with E-state index in [1.807, 2.05) is 24.9 Å². The first-order valence-electron chi connectivity index (χ1n) is 6.55. The molecule has 0 aromatic heterocycles. The van der Waals surface area contributed by atoms with Gasteiger partial charge in [0, 0.05) is 26.2 Å². The fourth-order valence-corrected chi connectivity index (χ4v) is 2.27. The molecular weight excluding hydrogens is 238 g/mol. The quantitative estimate of drug-likeness (QED) is 0.873. The van der Waals surface area contributed by atoms with Crippen molar-refractivity contribution in [2.75, 3.05) is 27.7 Å². The van der Waals surface area contributed by atoms with Crippen LogP contribution in [0.1, 0.15) is 24.1 Å². The number of nitrogens with two attached hydrogens (primary N) is 1. The van der Waals surface area contributed by atoms with Gasteiger partial charge in [-0.05, 0) is 26.5 Å². The van der Waals surface area contributed by atoms with Gasteiger partial charge in [-0.3, -0.25) is 9.69 Å². The first-order valence-corrected chi connectivity index (χ1v) is 6.55. The van der Waals surface area contributed by atoms with Crippen molar-refractivity contribution >= 4 is 5.91 Å². The largest absolute Gasteiger partial charge is 0.348 e. The first kappa shape index (κ1) is 15.7. The summed E-state index contributed by atoms with van der Waals surface area (Å²) < 4.78 is 0. The molecule has 0 aliphatic carbocycles. The maximum absolute atomic E-state index is 11.8. The molecule has 4 heteroatoms. The molecule has 19 heavy (non-hydrogen) atoms. The smallest absolute Gasteiger partial charge is 0.236 e. The van der Waals surface area contributed by atoms with E-state index in [1.165, 1.54) is 5.56 Å². The van der Waals surface area contributed by atoms with Gasteiger partial charge in [0.25, 0.3) is 0 Å². The summed E-state index contributed by atoms with van der Waals surface area (Å²) in [6.45, 7) is 4.41. The van der Waals surface area contributed by atoms with Crippen LogP contribution in [0.3, 0.4) is 0 Å². The highest BCUT2D eigenvalue weighted by Crippen LogP contribution is 2.23. The minimum Gasteiger partial charge on any atom is -0.348 e. The number of aryl methyl sites for hydroxylation is 1. The summed E-state index contributed by atoms with van der Waals surface area (Å²) in [6, 6.07) is 8.29. The highest BCUT2D eigenvalue weighted by molar-refractivity contribution is 5.77. The number of hydrogen-bond acceptors (Lipinski definition) is 3. The van der Waals surface area contributed by atoms with Crippen molar-refractivity contribution in [3.05, 3.63) is 35.4 Å². The summed E-state index contributed by atoms with van der Waals surface area (Å²) in [4.78, 5) is 15.4. The van der Waals surface area contributed by atoms with Crippen LogP contribution in [0.5, 0.6) is 0 Å². The Morgan fingerprint density at radius 1 is 1.32 bits per heavy atom. The molecule has 106 valence electrons. The van der Waals surface area contributed by atoms with E-state index in [0.717, 1.165) is 5.56 Å². The summed E-state index contributed by atoms with van der Waals surface area (Å²) >= 11 is 0. The summed E-state index contributed by atoms with van der Waals surface area (Å²) in [6.07, 6.45) is 0. The Morgan fingerprint density at radius 2 is 1.95 bits per heavy atom. The highest BCUT2D eigenvalue weighted by atomic mass is 16.2. The van der Waals surface area contributed by atoms with Crippen LogP contribution in [-0.2, 0) is 4.79 Å². The van der Waals surface area contributed by atoms with Crippen molar-refractivity contribution in [1.29, 1.82) is 0 Å². The summed E-state index contributed by atoms with van der Waals surface area (Å²) in [5.74, 6) is 0.0841. The zero-order chi connectivity index (χ0) is 14.6. The summed E-state index contributed by atoms with van der Waals surface area (Å²) in [7, 11) is 5.48. The molecule has 0 heterocycles. The van der Waals surface area contributed by atoms with Crippen molar-refractivity contribution in [2.45, 2.75) is 25.9 Å². The van der Waals surface area contributed by atoms with Crippen molar-refractivity contribution in [2.24, 2.45) is 5.73 Å². The lowest BCUT2D eigenvalue weighted by Crippen LogP contribution is -2.42. The Morgan fingerprint density at radius 3 is 2.42 bits per heavy atom. The summed E-state index contributed by atoms with van der Waals surface area (Å²) in [5, 5.41) is 0. The van der Waals surface area contributed by atoms with Gasteiger partial charge in [0.2, 0.25) is 5.91 Å². The fraction of sp³-hybridized carbons (Fsp3) is 0.533. The van der Waals surface area contributed by atoms with Crippen LogP contribution in [-0.4, -0.2) is 49.4 Å². The van der Waals surface area contributed by atoms with E-state index in [2.05, 4.69) is 25.1 Å². The SMILES string of the molecule is Cc1cccc(C(C(C)N)N(C)CC(=O)N(C)C)c1. The number of hydrogen-bond donors (Lipinski definition) is 1. The molecule has 1 rings (SSSR count). The predicted octanol–water partition coefficient (Wildman–Crippen LogP) is 1.40. The zero-order valence-corrected chi connectivity index (χ0v) is 12.6. The predicted molar refractivity (Wildman–Crippen MR) is 78.9 cm³/mol. The number of carbonyl (C=O) groups excluding carboxylic acids is 1. The third kappa shape index (κ3) is 4.33. The Hall–Kier alpha value is -1.39. The van der Waals surface area contributed by atoms with E-state index in [4.69, 9.17) is 5.73 Å². The van der Waals surface area contributed by atoms with Gasteiger partial charge < -0.3 is 10.6 Å². The number of benzene rings is 1. The second-order valence-electron chi connectivity index (χ2n) is 5.42. The normalized spacial score (nSPS) is 14.3. The lowest BCUT2D eigenvalue weighted by atomic mass is 9.98. The van der Waals surface area contributed by atoms with E-state index in [-0.39, 0.29) is 18.0 Å². The average Bonchev–Trinajstić information content (AvgIpc) is 2.28. The van der Waals surface area contributed by atoms with Crippen LogP contribution >= 0.6 is 0 Å². The lowest BCUT2D eigenvalue weighted by molar-refractivity contribution is -0.130. The van der Waals surface area contributed by atoms with Gasteiger partial charge >= 0.3 is 0 Å². The van der Waals surface area contributed by atoms with E-state index >= 15 is 0 Å². The lowest BCUT2D eigenvalue weighted by Gasteiger charge is -2.31. The van der Waals surface area contributed by atoms with Gasteiger partial charge in [0.05, 0.1) is 6.54 Å². The molecule has 0 saturated carbocycles. The van der Waals surface area contributed by atoms with Crippen LogP contribution in [0.4, 0.5) is 0 Å². The van der Waals surface area contributed by atoms with Crippen LogP contribution in [0.2, 0.25) is 0 Å². The third-order valence-corrected chi connectivity index (χ3v) is 3.24. The second-order valence-corrected chi connectivity index (χ2v) is 5.42. The summed E-state index contributed by atoms with van der Waals surface area (Å²) in [5.41, 5.74) is 8.47. The van der Waals surface area contributed by atoms with Crippen LogP contribution in [0.25, 0.3) is 0 Å². The molecule has 2 unspecified atom stereocenters. The van der Waals surface area contributed by atoms with E-state index < -0.39 is 0 Å². The Balaban J connectivity index is 2.92. The van der Waals surface area contributed by atoms with Crippen molar-refractivity contribution in [3.8, 4) is 0 Å². The molecule has 2 atom stereocenters. The number of amides is 1. The average molecular weight is 263 g/mol. The topological polar surface area (TPSA) is 49.6 Å². The number of likely N-dealkylation sites (N-methyl/N-ethyl adjacent to an activating group) is 2. The standard InChI is InChI=1S/C15H25N3O/c1-11-7-6-8-13(9-11)15(12(2)16)18(5)10-14(19)17(3)4/h6-9,12,15H,10,16H2,1-5H3. The monoisotopic (exact) mass is 263 g/mol. The van der Waals surface area contributed by atoms with Crippen molar-refractivity contribution < 1.29 is 4.79 Å². The van der Waals surface area contributed by atoms with Crippen molar-refractivity contribution in [1.82, 2.24) is 9.80 Å². The maximum atomic E-state index is 11.8. The molecule has 1 aromatic rings. The molecule has 2 N–H and O–H groups in total. The molecule has 0 saturated heterocycles. The number of carbonyl (C=O) groups is 1. The molecule has 1 aromatic carbocycles. The van der Waals surface area contributed by atoms with Gasteiger partial charge in [-0.25, -0.2) is 0 Å². The number of rotatable bonds is 5. The van der Waals surface area contributed by atoms with Crippen LogP contribution in [0.15, 0.2) is 24.3 Å². The van der Waals surface area contributed by atoms with E-state index in [1.54, 1.807) is 19.0 Å². The Labute approximate surface area is 116 Å². The first-order chi connectivity index (χ1) is 8.82. The third-order valence-electron chi connectivity index (χ3n) is 3.24. The Kier molecular flexibility index (Phi) is 5.51. The molecule has 0 fully saturated rings. The zero-order valence-electron chi connectivity index (χ0n) is 12.6. The van der Waals surface area contributed by atoms with Gasteiger partial charge in [-0.2, -0.15) is 0 Å². The van der Waals surface area contributed by atoms with Gasteiger partial charge in [-0.1, -0.05) is 29.8 Å². The second kappa shape index (κ2) is 6.68. The fourth-order valence-electron chi connectivity index (χ4n) is 2.27. The van der Waals surface area contributed by atoms with Crippen LogP contribution in [0, 0.1) is 6.92 Å². The van der Waals surface area contributed by atoms with E-state index in [0.29, 0.717) is 6.54 Å². The number of nitrogens with zero attached hydrogens (tertiary/aromatic N) is 2. The maximum Gasteiger partial charge on any atom is 0.236 e. The van der Waals surface area contributed by atoms with Crippen molar-refractivity contribution in [3.63, 3.8) is 0 Å². The molecule has 0 aliphatic heterocycles. The molecule has 4 nitrogen and oxygen atoms in total. The van der Waals surface area contributed by atoms with Gasteiger partial charge in [0.1, 0.15) is 0 Å². The van der Waals surface area contributed by atoms with Gasteiger partial charge in [-0.15, -0.1) is 0 Å².